The van der Waals surface area contributed by atoms with Crippen molar-refractivity contribution < 1.29 is 13.2 Å². The molecule has 1 aliphatic rings. The van der Waals surface area contributed by atoms with Crippen LogP contribution in [0.4, 0.5) is 0 Å². The summed E-state index contributed by atoms with van der Waals surface area (Å²) in [6.07, 6.45) is 5.70. The van der Waals surface area contributed by atoms with E-state index in [9.17, 15) is 13.2 Å². The van der Waals surface area contributed by atoms with Crippen LogP contribution in [0.5, 0.6) is 0 Å². The van der Waals surface area contributed by atoms with E-state index >= 15 is 0 Å². The number of carbonyl (C=O) groups excluding carboxylic acids is 1. The second kappa shape index (κ2) is 8.66. The predicted octanol–water partition coefficient (Wildman–Crippen LogP) is 2.48. The van der Waals surface area contributed by atoms with E-state index in [1.54, 1.807) is 16.7 Å². The normalized spacial score (nSPS) is 14.9. The zero-order valence-corrected chi connectivity index (χ0v) is 19.3. The van der Waals surface area contributed by atoms with E-state index in [4.69, 9.17) is 28.9 Å². The molecule has 0 unspecified atom stereocenters. The summed E-state index contributed by atoms with van der Waals surface area (Å²) in [4.78, 5) is 23.0. The number of allylic oxidation sites excluding steroid dienone is 4. The van der Waals surface area contributed by atoms with Crippen LogP contribution in [0.3, 0.4) is 0 Å². The molecular weight excluding hydrogens is 449 g/mol. The van der Waals surface area contributed by atoms with Gasteiger partial charge in [-0.1, -0.05) is 23.2 Å². The zero-order valence-electron chi connectivity index (χ0n) is 16.9. The minimum absolute atomic E-state index is 0.0686. The molecule has 0 atom stereocenters. The fraction of sp³-hybridized carbons (Fsp3) is 0.421. The molecule has 0 bridgehead atoms. The monoisotopic (exact) mass is 471 g/mol. The number of hydrogen-bond donors (Lipinski definition) is 1. The van der Waals surface area contributed by atoms with E-state index < -0.39 is 15.7 Å². The summed E-state index contributed by atoms with van der Waals surface area (Å²) < 4.78 is 24.5. The highest BCUT2D eigenvalue weighted by atomic mass is 35.5. The van der Waals surface area contributed by atoms with Crippen LogP contribution in [0.1, 0.15) is 40.3 Å². The molecule has 1 amide bonds. The van der Waals surface area contributed by atoms with Crippen LogP contribution in [-0.2, 0) is 16.4 Å². The lowest BCUT2D eigenvalue weighted by atomic mass is 9.97. The van der Waals surface area contributed by atoms with E-state index in [0.717, 1.165) is 23.1 Å². The topological polar surface area (TPSA) is 111 Å². The van der Waals surface area contributed by atoms with Crippen LogP contribution in [0.2, 0.25) is 0 Å². The molecule has 0 spiro atoms. The molecule has 0 saturated heterocycles. The first-order chi connectivity index (χ1) is 14.0. The van der Waals surface area contributed by atoms with Crippen LogP contribution in [0, 0.1) is 6.92 Å². The van der Waals surface area contributed by atoms with Gasteiger partial charge in [-0.2, -0.15) is 0 Å². The van der Waals surface area contributed by atoms with Crippen LogP contribution in [0.25, 0.3) is 11.4 Å². The van der Waals surface area contributed by atoms with Gasteiger partial charge in [0.1, 0.15) is 15.5 Å². The van der Waals surface area contributed by atoms with Crippen molar-refractivity contribution in [3.63, 3.8) is 0 Å². The first-order valence-corrected chi connectivity index (χ1v) is 12.1. The number of imidazole rings is 1. The minimum Gasteiger partial charge on any atom is -0.339 e. The lowest BCUT2D eigenvalue weighted by Gasteiger charge is -2.19. The molecule has 11 heteroatoms. The maximum atomic E-state index is 12.8. The molecule has 2 N–H and O–H groups in total. The summed E-state index contributed by atoms with van der Waals surface area (Å²) in [5.74, 6) is -0.177. The number of aryl methyl sites for hydroxylation is 1. The molecule has 2 aromatic rings. The zero-order chi connectivity index (χ0) is 22.2. The summed E-state index contributed by atoms with van der Waals surface area (Å²) in [6, 6.07) is 0. The van der Waals surface area contributed by atoms with E-state index in [1.165, 1.54) is 11.9 Å². The number of carbonyl (C=O) groups is 1. The number of aromatic nitrogens is 3. The number of hydrogen-bond acceptors (Lipinski definition) is 6. The van der Waals surface area contributed by atoms with Crippen molar-refractivity contribution in [3.8, 4) is 0 Å². The van der Waals surface area contributed by atoms with E-state index in [2.05, 4.69) is 9.97 Å². The molecule has 0 aliphatic heterocycles. The molecule has 2 aromatic heterocycles. The van der Waals surface area contributed by atoms with Gasteiger partial charge in [-0.15, -0.1) is 0 Å². The Hall–Kier alpha value is -1.94. The van der Waals surface area contributed by atoms with E-state index in [1.807, 2.05) is 6.92 Å². The number of nitrogens with zero attached hydrogens (tertiary/aromatic N) is 4. The fourth-order valence-electron chi connectivity index (χ4n) is 3.32. The number of rotatable bonds is 6. The van der Waals surface area contributed by atoms with Crippen molar-refractivity contribution in [2.45, 2.75) is 26.3 Å². The van der Waals surface area contributed by atoms with Crippen molar-refractivity contribution in [2.75, 3.05) is 25.6 Å². The number of sulfone groups is 1. The molecule has 0 aromatic carbocycles. The van der Waals surface area contributed by atoms with Crippen molar-refractivity contribution in [2.24, 2.45) is 5.73 Å². The summed E-state index contributed by atoms with van der Waals surface area (Å²) in [6.45, 7) is 2.14. The second-order valence-electron chi connectivity index (χ2n) is 7.30. The van der Waals surface area contributed by atoms with Crippen molar-refractivity contribution in [1.29, 1.82) is 0 Å². The molecule has 0 fully saturated rings. The van der Waals surface area contributed by atoms with Gasteiger partial charge in [0, 0.05) is 53.9 Å². The molecule has 0 saturated carbocycles. The highest BCUT2D eigenvalue weighted by Gasteiger charge is 2.24. The molecule has 8 nitrogen and oxygen atoms in total. The highest BCUT2D eigenvalue weighted by Crippen LogP contribution is 2.37. The molecule has 3 rings (SSSR count). The Bertz CT molecular complexity index is 1180. The van der Waals surface area contributed by atoms with Gasteiger partial charge in [0.2, 0.25) is 5.78 Å². The maximum Gasteiger partial charge on any atom is 0.273 e. The Morgan fingerprint density at radius 3 is 2.60 bits per heavy atom. The summed E-state index contributed by atoms with van der Waals surface area (Å²) in [5, 5.41) is 1.19. The van der Waals surface area contributed by atoms with Crippen LogP contribution in [-0.4, -0.2) is 59.2 Å². The SMILES string of the molecule is Cc1nc2nc(C(=O)N(C)CCS(C)(=O)=O)cn2c(C2=C(Cl)C=C(Cl)CC2)c1CN. The Balaban J connectivity index is 2.10. The Labute approximate surface area is 185 Å². The maximum absolute atomic E-state index is 12.8. The minimum atomic E-state index is -3.19. The third-order valence-electron chi connectivity index (χ3n) is 4.96. The molecule has 162 valence electrons. The average Bonchev–Trinajstić information content (AvgIpc) is 3.07. The molecule has 2 heterocycles. The highest BCUT2D eigenvalue weighted by molar-refractivity contribution is 7.90. The fourth-order valence-corrected chi connectivity index (χ4v) is 4.50. The standard InChI is InChI=1S/C19H23Cl2N5O3S/c1-11-14(9-22)17(13-5-4-12(20)8-15(13)21)26-10-16(24-19(26)23-11)18(27)25(2)6-7-30(3,28)29/h8,10H,4-7,9,22H2,1-3H3. The van der Waals surface area contributed by atoms with Gasteiger partial charge in [0.25, 0.3) is 5.91 Å². The van der Waals surface area contributed by atoms with Gasteiger partial charge < -0.3 is 10.6 Å². The summed E-state index contributed by atoms with van der Waals surface area (Å²) >= 11 is 12.6. The third-order valence-corrected chi connectivity index (χ3v) is 6.52. The first-order valence-electron chi connectivity index (χ1n) is 9.28. The third kappa shape index (κ3) is 4.69. The van der Waals surface area contributed by atoms with Crippen LogP contribution < -0.4 is 5.73 Å². The summed E-state index contributed by atoms with van der Waals surface area (Å²) in [7, 11) is -1.65. The Kier molecular flexibility index (Phi) is 6.57. The quantitative estimate of drug-likeness (QED) is 0.692. The predicted molar refractivity (Wildman–Crippen MR) is 118 cm³/mol. The van der Waals surface area contributed by atoms with Gasteiger partial charge in [-0.25, -0.2) is 18.4 Å². The van der Waals surface area contributed by atoms with Crippen molar-refractivity contribution in [3.05, 3.63) is 45.0 Å². The lowest BCUT2D eigenvalue weighted by Crippen LogP contribution is -2.31. The van der Waals surface area contributed by atoms with Crippen molar-refractivity contribution >= 4 is 50.3 Å². The van der Waals surface area contributed by atoms with E-state index in [0.29, 0.717) is 34.4 Å². The van der Waals surface area contributed by atoms with Gasteiger partial charge >= 0.3 is 0 Å². The molecule has 0 radical (unpaired) electrons. The number of amides is 1. The average molecular weight is 472 g/mol. The number of fused-ring (bicyclic) bond motifs is 1. The van der Waals surface area contributed by atoms with Gasteiger partial charge in [-0.05, 0) is 31.4 Å². The first kappa shape index (κ1) is 22.7. The van der Waals surface area contributed by atoms with E-state index in [-0.39, 0.29) is 24.5 Å². The van der Waals surface area contributed by atoms with Gasteiger partial charge in [-0.3, -0.25) is 9.20 Å². The van der Waals surface area contributed by atoms with Gasteiger partial charge in [0.05, 0.1) is 11.4 Å². The Morgan fingerprint density at radius 2 is 2.00 bits per heavy atom. The Morgan fingerprint density at radius 1 is 1.30 bits per heavy atom. The molecule has 1 aliphatic carbocycles. The summed E-state index contributed by atoms with van der Waals surface area (Å²) in [5.41, 5.74) is 9.30. The van der Waals surface area contributed by atoms with Crippen LogP contribution in [0.15, 0.2) is 22.3 Å². The lowest BCUT2D eigenvalue weighted by molar-refractivity contribution is 0.0798. The second-order valence-corrected chi connectivity index (χ2v) is 10.5. The smallest absolute Gasteiger partial charge is 0.273 e. The van der Waals surface area contributed by atoms with Crippen molar-refractivity contribution in [1.82, 2.24) is 19.3 Å². The molecule has 30 heavy (non-hydrogen) atoms. The number of halogens is 2. The van der Waals surface area contributed by atoms with Gasteiger partial charge in [0.15, 0.2) is 0 Å². The molecular formula is C19H23Cl2N5O3S. The number of nitrogens with two attached hydrogens (primary N) is 1. The largest absolute Gasteiger partial charge is 0.339 e. The van der Waals surface area contributed by atoms with Crippen LogP contribution >= 0.6 is 23.2 Å².